The number of nitrogens with zero attached hydrogens (tertiary/aromatic N) is 4. The van der Waals surface area contributed by atoms with E-state index in [2.05, 4.69) is 26.3 Å². The van der Waals surface area contributed by atoms with E-state index in [0.717, 1.165) is 53.8 Å². The average Bonchev–Trinajstić information content (AvgIpc) is 3.34. The molecule has 0 saturated carbocycles. The number of hydrogen-bond donors (Lipinski definition) is 1. The molecule has 0 aliphatic carbocycles. The summed E-state index contributed by atoms with van der Waals surface area (Å²) in [7, 11) is 0. The summed E-state index contributed by atoms with van der Waals surface area (Å²) in [5.41, 5.74) is 4.61. The summed E-state index contributed by atoms with van der Waals surface area (Å²) >= 11 is 0. The maximum Gasteiger partial charge on any atom is 0.251 e. The number of carbonyl (C=O) groups excluding carboxylic acids is 1. The van der Waals surface area contributed by atoms with Gasteiger partial charge in [-0.3, -0.25) is 9.78 Å². The fourth-order valence-electron chi connectivity index (χ4n) is 4.13. The van der Waals surface area contributed by atoms with Crippen LogP contribution in [0, 0.1) is 11.3 Å². The van der Waals surface area contributed by atoms with Crippen molar-refractivity contribution in [1.29, 1.82) is 5.26 Å². The van der Waals surface area contributed by atoms with Crippen LogP contribution in [0.3, 0.4) is 0 Å². The Morgan fingerprint density at radius 1 is 1.06 bits per heavy atom. The number of aromatic nitrogens is 2. The molecule has 32 heavy (non-hydrogen) atoms. The van der Waals surface area contributed by atoms with E-state index in [9.17, 15) is 4.79 Å². The monoisotopic (exact) mass is 423 g/mol. The van der Waals surface area contributed by atoms with E-state index in [1.54, 1.807) is 24.7 Å². The van der Waals surface area contributed by atoms with Crippen molar-refractivity contribution in [2.75, 3.05) is 18.0 Å². The first kappa shape index (κ1) is 19.8. The molecule has 0 bridgehead atoms. The van der Waals surface area contributed by atoms with Crippen LogP contribution in [-0.4, -0.2) is 35.0 Å². The second kappa shape index (κ2) is 8.52. The van der Waals surface area contributed by atoms with Gasteiger partial charge in [0.05, 0.1) is 12.0 Å². The molecule has 0 atom stereocenters. The maximum absolute atomic E-state index is 12.8. The predicted molar refractivity (Wildman–Crippen MR) is 121 cm³/mol. The summed E-state index contributed by atoms with van der Waals surface area (Å²) in [5.74, 6) is -0.0693. The van der Waals surface area contributed by atoms with Crippen molar-refractivity contribution < 1.29 is 9.21 Å². The third kappa shape index (κ3) is 3.91. The highest BCUT2D eigenvalue weighted by Gasteiger charge is 2.22. The van der Waals surface area contributed by atoms with Crippen molar-refractivity contribution in [3.8, 4) is 17.3 Å². The van der Waals surface area contributed by atoms with Crippen LogP contribution in [0.25, 0.3) is 22.2 Å². The molecular formula is C25H21N5O2. The first-order valence-electron chi connectivity index (χ1n) is 10.6. The number of rotatable bonds is 4. The summed E-state index contributed by atoms with van der Waals surface area (Å²) in [6.07, 6.45) is 6.73. The molecule has 1 N–H and O–H groups in total. The molecule has 4 heterocycles. The van der Waals surface area contributed by atoms with Crippen molar-refractivity contribution >= 4 is 22.6 Å². The van der Waals surface area contributed by atoms with E-state index < -0.39 is 0 Å². The molecule has 4 aromatic rings. The number of pyridine rings is 2. The summed E-state index contributed by atoms with van der Waals surface area (Å²) < 4.78 is 5.45. The summed E-state index contributed by atoms with van der Waals surface area (Å²) in [4.78, 5) is 23.5. The number of piperidine rings is 1. The van der Waals surface area contributed by atoms with Gasteiger partial charge in [0, 0.05) is 53.7 Å². The first-order valence-corrected chi connectivity index (χ1v) is 10.6. The number of furan rings is 1. The van der Waals surface area contributed by atoms with E-state index in [0.29, 0.717) is 11.3 Å². The number of nitriles is 1. The molecule has 5 rings (SSSR count). The van der Waals surface area contributed by atoms with Gasteiger partial charge in [0.1, 0.15) is 17.3 Å². The molecule has 158 valence electrons. The Morgan fingerprint density at radius 3 is 2.62 bits per heavy atom. The Hall–Kier alpha value is -4.18. The highest BCUT2D eigenvalue weighted by atomic mass is 16.3. The smallest absolute Gasteiger partial charge is 0.251 e. The van der Waals surface area contributed by atoms with Crippen LogP contribution in [0.2, 0.25) is 0 Å². The fraction of sp³-hybridized carbons (Fsp3) is 0.200. The molecule has 7 heteroatoms. The highest BCUT2D eigenvalue weighted by Crippen LogP contribution is 2.27. The van der Waals surface area contributed by atoms with Gasteiger partial charge in [0.25, 0.3) is 5.91 Å². The topological polar surface area (TPSA) is 95.1 Å². The van der Waals surface area contributed by atoms with Gasteiger partial charge in [-0.15, -0.1) is 0 Å². The minimum atomic E-state index is -0.0693. The van der Waals surface area contributed by atoms with Crippen LogP contribution in [-0.2, 0) is 0 Å². The predicted octanol–water partition coefficient (Wildman–Crippen LogP) is 4.16. The van der Waals surface area contributed by atoms with Crippen molar-refractivity contribution in [3.63, 3.8) is 0 Å². The van der Waals surface area contributed by atoms with Crippen LogP contribution >= 0.6 is 0 Å². The molecule has 7 nitrogen and oxygen atoms in total. The molecule has 0 spiro atoms. The Morgan fingerprint density at radius 2 is 1.84 bits per heavy atom. The first-order chi connectivity index (χ1) is 15.7. The lowest BCUT2D eigenvalue weighted by Gasteiger charge is -2.34. The lowest BCUT2D eigenvalue weighted by Crippen LogP contribution is -2.44. The van der Waals surface area contributed by atoms with Gasteiger partial charge in [0.2, 0.25) is 0 Å². The van der Waals surface area contributed by atoms with Crippen LogP contribution in [0.5, 0.6) is 0 Å². The number of nitrogens with one attached hydrogen (secondary N) is 1. The molecular weight excluding hydrogens is 402 g/mol. The van der Waals surface area contributed by atoms with Crippen LogP contribution in [0.15, 0.2) is 71.6 Å². The molecule has 1 saturated heterocycles. The van der Waals surface area contributed by atoms with Crippen LogP contribution < -0.4 is 10.2 Å². The number of anilines is 1. The Kier molecular flexibility index (Phi) is 5.26. The molecule has 1 fully saturated rings. The SMILES string of the molecule is N#Cc1cc(N2CCC(NC(=O)c3ccc(-c4nccc5occc45)cc3)CC2)ccn1. The van der Waals surface area contributed by atoms with E-state index in [1.807, 2.05) is 42.5 Å². The van der Waals surface area contributed by atoms with Gasteiger partial charge in [-0.05, 0) is 49.2 Å². The quantitative estimate of drug-likeness (QED) is 0.530. The van der Waals surface area contributed by atoms with Gasteiger partial charge in [-0.1, -0.05) is 12.1 Å². The lowest BCUT2D eigenvalue weighted by molar-refractivity contribution is 0.0931. The van der Waals surface area contributed by atoms with Gasteiger partial charge >= 0.3 is 0 Å². The normalized spacial score (nSPS) is 14.3. The van der Waals surface area contributed by atoms with E-state index >= 15 is 0 Å². The second-order valence-electron chi connectivity index (χ2n) is 7.82. The van der Waals surface area contributed by atoms with Crippen molar-refractivity contribution in [3.05, 3.63) is 78.4 Å². The number of carbonyl (C=O) groups is 1. The minimum Gasteiger partial charge on any atom is -0.464 e. The molecule has 1 aliphatic heterocycles. The third-order valence-electron chi connectivity index (χ3n) is 5.85. The third-order valence-corrected chi connectivity index (χ3v) is 5.85. The van der Waals surface area contributed by atoms with Gasteiger partial charge in [-0.2, -0.15) is 5.26 Å². The van der Waals surface area contributed by atoms with Crippen LogP contribution in [0.4, 0.5) is 5.69 Å². The molecule has 1 aromatic carbocycles. The number of fused-ring (bicyclic) bond motifs is 1. The average molecular weight is 423 g/mol. The standard InChI is InChI=1S/C25H21N5O2/c26-16-20-15-21(5-10-27-20)30-12-7-19(8-13-30)29-25(31)18-3-1-17(2-4-18)24-22-9-14-32-23(22)6-11-28-24/h1-6,9-11,14-15,19H,7-8,12-13H2,(H,29,31). The van der Waals surface area contributed by atoms with Gasteiger partial charge in [0.15, 0.2) is 0 Å². The number of benzene rings is 1. The van der Waals surface area contributed by atoms with Gasteiger partial charge in [-0.25, -0.2) is 4.98 Å². The van der Waals surface area contributed by atoms with Crippen molar-refractivity contribution in [2.45, 2.75) is 18.9 Å². The molecule has 0 unspecified atom stereocenters. The molecule has 1 aliphatic rings. The largest absolute Gasteiger partial charge is 0.464 e. The van der Waals surface area contributed by atoms with Crippen molar-refractivity contribution in [2.24, 2.45) is 0 Å². The summed E-state index contributed by atoms with van der Waals surface area (Å²) in [6, 6.07) is 17.2. The maximum atomic E-state index is 12.8. The zero-order valence-electron chi connectivity index (χ0n) is 17.4. The Bertz CT molecular complexity index is 1300. The Balaban J connectivity index is 1.21. The Labute approximate surface area is 185 Å². The molecule has 1 amide bonds. The zero-order chi connectivity index (χ0) is 21.9. The van der Waals surface area contributed by atoms with Crippen molar-refractivity contribution in [1.82, 2.24) is 15.3 Å². The lowest BCUT2D eigenvalue weighted by atomic mass is 10.0. The van der Waals surface area contributed by atoms with E-state index in [-0.39, 0.29) is 11.9 Å². The van der Waals surface area contributed by atoms with E-state index in [1.165, 1.54) is 0 Å². The molecule has 3 aromatic heterocycles. The second-order valence-corrected chi connectivity index (χ2v) is 7.82. The van der Waals surface area contributed by atoms with Crippen LogP contribution in [0.1, 0.15) is 28.9 Å². The van der Waals surface area contributed by atoms with E-state index in [4.69, 9.17) is 9.68 Å². The van der Waals surface area contributed by atoms with Gasteiger partial charge < -0.3 is 14.6 Å². The molecule has 0 radical (unpaired) electrons. The summed E-state index contributed by atoms with van der Waals surface area (Å²) in [5, 5.41) is 13.1. The fourth-order valence-corrected chi connectivity index (χ4v) is 4.13. The highest BCUT2D eigenvalue weighted by molar-refractivity contribution is 5.96. The minimum absolute atomic E-state index is 0.0693. The zero-order valence-corrected chi connectivity index (χ0v) is 17.4. The summed E-state index contributed by atoms with van der Waals surface area (Å²) in [6.45, 7) is 1.64. The number of amides is 1. The number of hydrogen-bond acceptors (Lipinski definition) is 6.